The predicted molar refractivity (Wildman–Crippen MR) is 87.4 cm³/mol. The van der Waals surface area contributed by atoms with E-state index in [2.05, 4.69) is 56.3 Å². The molecule has 0 saturated heterocycles. The smallest absolute Gasteiger partial charge is 0.134 e. The fourth-order valence-corrected chi connectivity index (χ4v) is 2.73. The van der Waals surface area contributed by atoms with E-state index in [1.165, 1.54) is 11.1 Å². The van der Waals surface area contributed by atoms with Crippen molar-refractivity contribution in [2.75, 3.05) is 0 Å². The first-order chi connectivity index (χ1) is 10.2. The highest BCUT2D eigenvalue weighted by atomic mass is 16.3. The summed E-state index contributed by atoms with van der Waals surface area (Å²) in [5.74, 6) is 0.823. The number of aryl methyl sites for hydroxylation is 2. The largest absolute Gasteiger partial charge is 0.459 e. The minimum Gasteiger partial charge on any atom is -0.459 e. The lowest BCUT2D eigenvalue weighted by Crippen LogP contribution is -2.11. The van der Waals surface area contributed by atoms with Crippen molar-refractivity contribution in [2.45, 2.75) is 32.7 Å². The van der Waals surface area contributed by atoms with Crippen molar-refractivity contribution < 1.29 is 4.42 Å². The van der Waals surface area contributed by atoms with E-state index in [1.54, 1.807) is 0 Å². The molecule has 1 atom stereocenters. The normalized spacial score (nSPS) is 12.7. The summed E-state index contributed by atoms with van der Waals surface area (Å²) in [6.45, 7) is 4.27. The molecule has 3 rings (SSSR count). The van der Waals surface area contributed by atoms with Crippen molar-refractivity contribution in [3.63, 3.8) is 0 Å². The van der Waals surface area contributed by atoms with Crippen LogP contribution in [0.3, 0.4) is 0 Å². The lowest BCUT2D eigenvalue weighted by Gasteiger charge is -2.10. The molecule has 0 aliphatic carbocycles. The van der Waals surface area contributed by atoms with Crippen LogP contribution in [0.2, 0.25) is 0 Å². The fraction of sp³-hybridized carbons (Fsp3) is 0.263. The molecule has 2 nitrogen and oxygen atoms in total. The van der Waals surface area contributed by atoms with Crippen LogP contribution in [0.25, 0.3) is 11.0 Å². The van der Waals surface area contributed by atoms with Gasteiger partial charge in [0.05, 0.1) is 6.04 Å². The van der Waals surface area contributed by atoms with Gasteiger partial charge in [0.1, 0.15) is 11.3 Å². The Morgan fingerprint density at radius 2 is 1.95 bits per heavy atom. The monoisotopic (exact) mass is 279 g/mol. The summed E-state index contributed by atoms with van der Waals surface area (Å²) in [4.78, 5) is 0. The molecule has 0 radical (unpaired) electrons. The molecule has 2 aromatic carbocycles. The Morgan fingerprint density at radius 1 is 1.10 bits per heavy atom. The Bertz CT molecular complexity index is 757. The summed E-state index contributed by atoms with van der Waals surface area (Å²) in [6.07, 6.45) is 2.22. The van der Waals surface area contributed by atoms with Gasteiger partial charge in [-0.15, -0.1) is 0 Å². The molecule has 0 fully saturated rings. The van der Waals surface area contributed by atoms with Crippen LogP contribution in [-0.2, 0) is 6.42 Å². The minimum atomic E-state index is -0.213. The van der Waals surface area contributed by atoms with Crippen LogP contribution in [-0.4, -0.2) is 0 Å². The second kappa shape index (κ2) is 5.74. The molecule has 0 spiro atoms. The molecule has 1 unspecified atom stereocenters. The van der Waals surface area contributed by atoms with E-state index in [9.17, 15) is 0 Å². The molecule has 2 N–H and O–H groups in total. The van der Waals surface area contributed by atoms with E-state index in [0.29, 0.717) is 0 Å². The minimum absolute atomic E-state index is 0.213. The lowest BCUT2D eigenvalue weighted by atomic mass is 10.0. The van der Waals surface area contributed by atoms with Crippen molar-refractivity contribution in [1.82, 2.24) is 0 Å². The van der Waals surface area contributed by atoms with Crippen molar-refractivity contribution in [1.29, 1.82) is 0 Å². The number of nitrogens with two attached hydrogens (primary N) is 1. The predicted octanol–water partition coefficient (Wildman–Crippen LogP) is 4.74. The zero-order valence-corrected chi connectivity index (χ0v) is 12.6. The Labute approximate surface area is 125 Å². The highest BCUT2D eigenvalue weighted by Crippen LogP contribution is 2.27. The van der Waals surface area contributed by atoms with Gasteiger partial charge in [-0.25, -0.2) is 0 Å². The molecule has 0 amide bonds. The standard InChI is InChI=1S/C19H21NO/c1-3-5-14-6-4-7-15(11-14)19(20)18-12-16-10-13(2)8-9-17(16)21-18/h4,6-12,19H,3,5,20H2,1-2H3. The van der Waals surface area contributed by atoms with Crippen LogP contribution in [0.5, 0.6) is 0 Å². The van der Waals surface area contributed by atoms with Crippen LogP contribution in [0.15, 0.2) is 52.9 Å². The highest BCUT2D eigenvalue weighted by molar-refractivity contribution is 5.78. The SMILES string of the molecule is CCCc1cccc(C(N)c2cc3cc(C)ccc3o2)c1. The lowest BCUT2D eigenvalue weighted by molar-refractivity contribution is 0.525. The average molecular weight is 279 g/mol. The first-order valence-corrected chi connectivity index (χ1v) is 7.52. The van der Waals surface area contributed by atoms with Crippen molar-refractivity contribution in [2.24, 2.45) is 5.73 Å². The first kappa shape index (κ1) is 13.9. The zero-order chi connectivity index (χ0) is 14.8. The van der Waals surface area contributed by atoms with Crippen LogP contribution < -0.4 is 5.73 Å². The third kappa shape index (κ3) is 2.86. The summed E-state index contributed by atoms with van der Waals surface area (Å²) in [6, 6.07) is 16.5. The number of hydrogen-bond acceptors (Lipinski definition) is 2. The quantitative estimate of drug-likeness (QED) is 0.749. The second-order valence-corrected chi connectivity index (χ2v) is 5.66. The number of furan rings is 1. The van der Waals surface area contributed by atoms with Gasteiger partial charge in [0, 0.05) is 5.39 Å². The Hall–Kier alpha value is -2.06. The Balaban J connectivity index is 1.95. The molecular weight excluding hydrogens is 258 g/mol. The molecule has 3 aromatic rings. The van der Waals surface area contributed by atoms with E-state index in [1.807, 2.05) is 6.07 Å². The summed E-state index contributed by atoms with van der Waals surface area (Å²) in [7, 11) is 0. The number of hydrogen-bond donors (Lipinski definition) is 1. The zero-order valence-electron chi connectivity index (χ0n) is 12.6. The van der Waals surface area contributed by atoms with Crippen molar-refractivity contribution >= 4 is 11.0 Å². The third-order valence-corrected chi connectivity index (χ3v) is 3.85. The molecule has 0 saturated carbocycles. The van der Waals surface area contributed by atoms with Gasteiger partial charge < -0.3 is 10.2 Å². The summed E-state index contributed by atoms with van der Waals surface area (Å²) >= 11 is 0. The maximum atomic E-state index is 6.39. The average Bonchev–Trinajstić information content (AvgIpc) is 2.90. The van der Waals surface area contributed by atoms with Crippen molar-refractivity contribution in [3.05, 3.63) is 71.0 Å². The number of rotatable bonds is 4. The highest BCUT2D eigenvalue weighted by Gasteiger charge is 2.14. The summed E-state index contributed by atoms with van der Waals surface area (Å²) < 4.78 is 5.91. The van der Waals surface area contributed by atoms with Crippen LogP contribution in [0, 0.1) is 6.92 Å². The third-order valence-electron chi connectivity index (χ3n) is 3.85. The second-order valence-electron chi connectivity index (χ2n) is 5.66. The molecule has 0 aliphatic rings. The van der Waals surface area contributed by atoms with Gasteiger partial charge in [-0.1, -0.05) is 49.2 Å². The molecule has 21 heavy (non-hydrogen) atoms. The van der Waals surface area contributed by atoms with E-state index >= 15 is 0 Å². The van der Waals surface area contributed by atoms with Gasteiger partial charge in [0.15, 0.2) is 0 Å². The molecule has 2 heteroatoms. The molecule has 1 aromatic heterocycles. The maximum absolute atomic E-state index is 6.39. The van der Waals surface area contributed by atoms with Gasteiger partial charge >= 0.3 is 0 Å². The van der Waals surface area contributed by atoms with Crippen molar-refractivity contribution in [3.8, 4) is 0 Å². The van der Waals surface area contributed by atoms with Gasteiger partial charge in [0.25, 0.3) is 0 Å². The van der Waals surface area contributed by atoms with Crippen LogP contribution in [0.4, 0.5) is 0 Å². The van der Waals surface area contributed by atoms with E-state index < -0.39 is 0 Å². The number of benzene rings is 2. The van der Waals surface area contributed by atoms with Gasteiger partial charge in [0.2, 0.25) is 0 Å². The fourth-order valence-electron chi connectivity index (χ4n) is 2.73. The van der Waals surface area contributed by atoms with Gasteiger partial charge in [-0.3, -0.25) is 0 Å². The van der Waals surface area contributed by atoms with E-state index in [0.717, 1.165) is 35.1 Å². The van der Waals surface area contributed by atoms with E-state index in [4.69, 9.17) is 10.2 Å². The maximum Gasteiger partial charge on any atom is 0.134 e. The van der Waals surface area contributed by atoms with Gasteiger partial charge in [-0.05, 0) is 42.7 Å². The number of fused-ring (bicyclic) bond motifs is 1. The topological polar surface area (TPSA) is 39.2 Å². The molecule has 108 valence electrons. The van der Waals surface area contributed by atoms with Gasteiger partial charge in [-0.2, -0.15) is 0 Å². The molecule has 1 heterocycles. The van der Waals surface area contributed by atoms with E-state index in [-0.39, 0.29) is 6.04 Å². The molecular formula is C19H21NO. The Kier molecular flexibility index (Phi) is 3.80. The molecule has 0 bridgehead atoms. The first-order valence-electron chi connectivity index (χ1n) is 7.52. The summed E-state index contributed by atoms with van der Waals surface area (Å²) in [5, 5.41) is 1.12. The summed E-state index contributed by atoms with van der Waals surface area (Å²) in [5.41, 5.74) is 11.0. The molecule has 0 aliphatic heterocycles. The van der Waals surface area contributed by atoms with Crippen LogP contribution in [0.1, 0.15) is 41.8 Å². The Morgan fingerprint density at radius 3 is 2.76 bits per heavy atom. The van der Waals surface area contributed by atoms with Crippen LogP contribution >= 0.6 is 0 Å².